The minimum absolute atomic E-state index is 0.0328. The van der Waals surface area contributed by atoms with Crippen LogP contribution in [-0.2, 0) is 6.42 Å². The second-order valence-corrected chi connectivity index (χ2v) is 4.76. The molecule has 4 heteroatoms. The fraction of sp³-hybridized carbons (Fsp3) is 0.250. The maximum Gasteiger partial charge on any atom is 0.126 e. The summed E-state index contributed by atoms with van der Waals surface area (Å²) in [5.74, 6) is -0.883. The summed E-state index contributed by atoms with van der Waals surface area (Å²) in [6, 6.07) is 10.6. The zero-order valence-electron chi connectivity index (χ0n) is 11.2. The molecule has 0 bridgehead atoms. The molecule has 2 rings (SSSR count). The molecule has 0 saturated heterocycles. The van der Waals surface area contributed by atoms with Gasteiger partial charge in [0.25, 0.3) is 0 Å². The van der Waals surface area contributed by atoms with E-state index in [1.807, 2.05) is 19.1 Å². The van der Waals surface area contributed by atoms with E-state index in [1.165, 1.54) is 12.1 Å². The van der Waals surface area contributed by atoms with Crippen molar-refractivity contribution >= 4 is 0 Å². The number of halogens is 2. The Kier molecular flexibility index (Phi) is 4.69. The quantitative estimate of drug-likeness (QED) is 0.875. The summed E-state index contributed by atoms with van der Waals surface area (Å²) >= 11 is 0. The molecule has 0 aliphatic heterocycles. The molecule has 0 spiro atoms. The number of aromatic hydroxyl groups is 1. The number of phenolic OH excluding ortho intramolecular Hbond substituents is 1. The molecular weight excluding hydrogens is 260 g/mol. The largest absolute Gasteiger partial charge is 0.508 e. The highest BCUT2D eigenvalue weighted by Crippen LogP contribution is 2.22. The van der Waals surface area contributed by atoms with Crippen LogP contribution in [0.5, 0.6) is 5.75 Å². The first-order valence-electron chi connectivity index (χ1n) is 6.52. The molecular formula is C16H17F2NO. The highest BCUT2D eigenvalue weighted by Gasteiger charge is 2.09. The van der Waals surface area contributed by atoms with Crippen LogP contribution in [0.1, 0.15) is 24.1 Å². The highest BCUT2D eigenvalue weighted by atomic mass is 19.1. The molecule has 20 heavy (non-hydrogen) atoms. The maximum absolute atomic E-state index is 13.0. The van der Waals surface area contributed by atoms with E-state index in [2.05, 4.69) is 5.32 Å². The molecule has 2 nitrogen and oxygen atoms in total. The van der Waals surface area contributed by atoms with Gasteiger partial charge in [0.1, 0.15) is 17.4 Å². The van der Waals surface area contributed by atoms with Crippen molar-refractivity contribution in [2.75, 3.05) is 6.54 Å². The van der Waals surface area contributed by atoms with Crippen molar-refractivity contribution in [2.24, 2.45) is 0 Å². The summed E-state index contributed by atoms with van der Waals surface area (Å²) in [6.07, 6.45) is 0.520. The topological polar surface area (TPSA) is 32.3 Å². The van der Waals surface area contributed by atoms with Crippen molar-refractivity contribution in [3.63, 3.8) is 0 Å². The van der Waals surface area contributed by atoms with Crippen LogP contribution in [0.15, 0.2) is 42.5 Å². The van der Waals surface area contributed by atoms with Crippen LogP contribution in [0.4, 0.5) is 8.78 Å². The van der Waals surface area contributed by atoms with Crippen LogP contribution < -0.4 is 5.32 Å². The summed E-state index contributed by atoms with van der Waals surface area (Å²) in [6.45, 7) is 2.50. The van der Waals surface area contributed by atoms with E-state index in [1.54, 1.807) is 12.1 Å². The predicted octanol–water partition coefficient (Wildman–Crippen LogP) is 3.56. The molecule has 1 unspecified atom stereocenters. The summed E-state index contributed by atoms with van der Waals surface area (Å²) in [7, 11) is 0. The Bertz CT molecular complexity index is 566. The van der Waals surface area contributed by atoms with Gasteiger partial charge in [-0.25, -0.2) is 8.78 Å². The highest BCUT2D eigenvalue weighted by molar-refractivity contribution is 5.34. The molecule has 0 aliphatic rings. The lowest BCUT2D eigenvalue weighted by molar-refractivity contribution is 0.453. The minimum atomic E-state index is -0.561. The Hall–Kier alpha value is -1.94. The molecule has 0 aromatic heterocycles. The summed E-state index contributed by atoms with van der Waals surface area (Å²) < 4.78 is 26.1. The van der Waals surface area contributed by atoms with Crippen molar-refractivity contribution in [1.82, 2.24) is 5.32 Å². The van der Waals surface area contributed by atoms with Gasteiger partial charge >= 0.3 is 0 Å². The average Bonchev–Trinajstić information content (AvgIpc) is 2.38. The van der Waals surface area contributed by atoms with Gasteiger partial charge in [0, 0.05) is 17.7 Å². The van der Waals surface area contributed by atoms with Crippen molar-refractivity contribution in [2.45, 2.75) is 19.4 Å². The van der Waals surface area contributed by atoms with Gasteiger partial charge < -0.3 is 10.4 Å². The number of phenols is 1. The number of benzene rings is 2. The van der Waals surface area contributed by atoms with Crippen LogP contribution in [0.25, 0.3) is 0 Å². The maximum atomic E-state index is 13.0. The molecule has 0 amide bonds. The third-order valence-electron chi connectivity index (χ3n) is 3.19. The van der Waals surface area contributed by atoms with Crippen molar-refractivity contribution < 1.29 is 13.9 Å². The lowest BCUT2D eigenvalue weighted by atomic mass is 10.1. The van der Waals surface area contributed by atoms with E-state index in [9.17, 15) is 13.9 Å². The third-order valence-corrected chi connectivity index (χ3v) is 3.19. The molecule has 2 N–H and O–H groups in total. The first-order valence-corrected chi connectivity index (χ1v) is 6.52. The van der Waals surface area contributed by atoms with E-state index in [-0.39, 0.29) is 11.8 Å². The lowest BCUT2D eigenvalue weighted by Gasteiger charge is -2.15. The molecule has 2 aromatic carbocycles. The summed E-state index contributed by atoms with van der Waals surface area (Å²) in [5, 5.41) is 13.0. The van der Waals surface area contributed by atoms with Gasteiger partial charge in [0.15, 0.2) is 0 Å². The van der Waals surface area contributed by atoms with Gasteiger partial charge in [-0.3, -0.25) is 0 Å². The normalized spacial score (nSPS) is 12.3. The molecule has 0 radical (unpaired) electrons. The Morgan fingerprint density at radius 3 is 2.40 bits per heavy atom. The minimum Gasteiger partial charge on any atom is -0.508 e. The molecule has 0 aliphatic carbocycles. The van der Waals surface area contributed by atoms with Crippen molar-refractivity contribution in [3.8, 4) is 5.75 Å². The summed E-state index contributed by atoms with van der Waals surface area (Å²) in [5.41, 5.74) is 1.41. The van der Waals surface area contributed by atoms with Crippen LogP contribution in [0, 0.1) is 11.6 Å². The number of rotatable bonds is 5. The van der Waals surface area contributed by atoms with Gasteiger partial charge in [-0.2, -0.15) is 0 Å². The lowest BCUT2D eigenvalue weighted by Crippen LogP contribution is -2.21. The smallest absolute Gasteiger partial charge is 0.126 e. The monoisotopic (exact) mass is 277 g/mol. The van der Waals surface area contributed by atoms with E-state index < -0.39 is 11.6 Å². The Morgan fingerprint density at radius 2 is 1.75 bits per heavy atom. The van der Waals surface area contributed by atoms with E-state index in [0.717, 1.165) is 11.6 Å². The third kappa shape index (κ3) is 3.78. The van der Waals surface area contributed by atoms with Crippen molar-refractivity contribution in [1.29, 1.82) is 0 Å². The van der Waals surface area contributed by atoms with Gasteiger partial charge in [-0.15, -0.1) is 0 Å². The predicted molar refractivity (Wildman–Crippen MR) is 74.6 cm³/mol. The molecule has 0 fully saturated rings. The first kappa shape index (κ1) is 14.5. The van der Waals surface area contributed by atoms with Gasteiger partial charge in [-0.1, -0.05) is 18.2 Å². The second-order valence-electron chi connectivity index (χ2n) is 4.76. The van der Waals surface area contributed by atoms with Crippen molar-refractivity contribution in [3.05, 3.63) is 65.2 Å². The zero-order valence-corrected chi connectivity index (χ0v) is 11.2. The Labute approximate surface area is 117 Å². The Morgan fingerprint density at radius 1 is 1.10 bits per heavy atom. The van der Waals surface area contributed by atoms with Crippen LogP contribution >= 0.6 is 0 Å². The number of nitrogens with one attached hydrogen (secondary N) is 1. The van der Waals surface area contributed by atoms with Crippen LogP contribution in [-0.4, -0.2) is 11.7 Å². The number of hydrogen-bond acceptors (Lipinski definition) is 2. The standard InChI is InChI=1S/C16H17F2NO/c1-11(15-4-2-3-5-16(15)20)19-7-6-12-8-13(17)10-14(18)9-12/h2-5,8-11,19-20H,6-7H2,1H3. The van der Waals surface area contributed by atoms with Crippen LogP contribution in [0.2, 0.25) is 0 Å². The zero-order chi connectivity index (χ0) is 14.5. The van der Waals surface area contributed by atoms with Gasteiger partial charge in [-0.05, 0) is 43.7 Å². The molecule has 2 aromatic rings. The molecule has 1 atom stereocenters. The van der Waals surface area contributed by atoms with Gasteiger partial charge in [0.05, 0.1) is 0 Å². The van der Waals surface area contributed by atoms with E-state index >= 15 is 0 Å². The SMILES string of the molecule is CC(NCCc1cc(F)cc(F)c1)c1ccccc1O. The first-order chi connectivity index (χ1) is 9.56. The average molecular weight is 277 g/mol. The summed E-state index contributed by atoms with van der Waals surface area (Å²) in [4.78, 5) is 0. The fourth-order valence-electron chi connectivity index (χ4n) is 2.15. The second kappa shape index (κ2) is 6.48. The van der Waals surface area contributed by atoms with Gasteiger partial charge in [0.2, 0.25) is 0 Å². The van der Waals surface area contributed by atoms with E-state index in [0.29, 0.717) is 18.5 Å². The fourth-order valence-corrected chi connectivity index (χ4v) is 2.15. The molecule has 0 saturated carbocycles. The van der Waals surface area contributed by atoms with Crippen LogP contribution in [0.3, 0.4) is 0 Å². The Balaban J connectivity index is 1.91. The number of para-hydroxylation sites is 1. The number of hydrogen-bond donors (Lipinski definition) is 2. The molecule has 106 valence electrons. The molecule has 0 heterocycles. The van der Waals surface area contributed by atoms with E-state index in [4.69, 9.17) is 0 Å².